The predicted octanol–water partition coefficient (Wildman–Crippen LogP) is 3.39. The van der Waals surface area contributed by atoms with Gasteiger partial charge in [0.1, 0.15) is 12.4 Å². The third-order valence-corrected chi connectivity index (χ3v) is 4.14. The zero-order chi connectivity index (χ0) is 16.9. The van der Waals surface area contributed by atoms with E-state index in [-0.39, 0.29) is 0 Å². The van der Waals surface area contributed by atoms with Gasteiger partial charge in [0.05, 0.1) is 0 Å². The van der Waals surface area contributed by atoms with Crippen LogP contribution in [0.4, 0.5) is 13.2 Å². The maximum atomic E-state index is 12.6. The largest absolute Gasteiger partial charge is 0.489 e. The van der Waals surface area contributed by atoms with E-state index in [2.05, 4.69) is 11.5 Å². The summed E-state index contributed by atoms with van der Waals surface area (Å²) in [4.78, 5) is 2.09. The minimum absolute atomic E-state index is 0.344. The number of hydrogen-bond acceptors (Lipinski definition) is 3. The van der Waals surface area contributed by atoms with E-state index in [1.165, 1.54) is 0 Å². The molecule has 23 heavy (non-hydrogen) atoms. The lowest BCUT2D eigenvalue weighted by Gasteiger charge is -2.34. The van der Waals surface area contributed by atoms with Crippen molar-refractivity contribution < 1.29 is 23.0 Å². The van der Waals surface area contributed by atoms with E-state index in [9.17, 15) is 18.3 Å². The summed E-state index contributed by atoms with van der Waals surface area (Å²) in [6.45, 7) is 5.73. The standard InChI is InChI=1S/C17H22F3NO2/c1-2-11-23-15-6-4-3-5-14(15)12-21-9-7-13(8-10-21)16(22)17(18,19)20/h2-6,13,16,22H,1,7-12H2. The number of aliphatic hydroxyl groups excluding tert-OH is 1. The van der Waals surface area contributed by atoms with Gasteiger partial charge in [0, 0.05) is 12.1 Å². The van der Waals surface area contributed by atoms with Crippen molar-refractivity contribution in [3.63, 3.8) is 0 Å². The summed E-state index contributed by atoms with van der Waals surface area (Å²) in [5, 5.41) is 9.35. The first kappa shape index (κ1) is 17.8. The molecule has 1 heterocycles. The SMILES string of the molecule is C=CCOc1ccccc1CN1CCC(C(O)C(F)(F)F)CC1. The van der Waals surface area contributed by atoms with Crippen LogP contribution in [0.2, 0.25) is 0 Å². The zero-order valence-electron chi connectivity index (χ0n) is 12.9. The molecule has 1 aliphatic heterocycles. The minimum atomic E-state index is -4.53. The number of aliphatic hydroxyl groups is 1. The first-order valence-corrected chi connectivity index (χ1v) is 7.70. The van der Waals surface area contributed by atoms with Crippen molar-refractivity contribution in [3.05, 3.63) is 42.5 Å². The highest BCUT2D eigenvalue weighted by Gasteiger charge is 2.44. The average Bonchev–Trinajstić information content (AvgIpc) is 2.53. The van der Waals surface area contributed by atoms with Crippen LogP contribution in [0.1, 0.15) is 18.4 Å². The molecule has 1 aromatic carbocycles. The van der Waals surface area contributed by atoms with Gasteiger partial charge in [-0.1, -0.05) is 30.9 Å². The number of alkyl halides is 3. The smallest absolute Gasteiger partial charge is 0.414 e. The van der Waals surface area contributed by atoms with Crippen molar-refractivity contribution in [3.8, 4) is 5.75 Å². The van der Waals surface area contributed by atoms with E-state index in [0.29, 0.717) is 39.1 Å². The van der Waals surface area contributed by atoms with Gasteiger partial charge in [0.25, 0.3) is 0 Å². The van der Waals surface area contributed by atoms with E-state index < -0.39 is 18.2 Å². The quantitative estimate of drug-likeness (QED) is 0.812. The van der Waals surface area contributed by atoms with Crippen LogP contribution < -0.4 is 4.74 Å². The molecule has 1 aromatic rings. The first-order valence-electron chi connectivity index (χ1n) is 7.70. The monoisotopic (exact) mass is 329 g/mol. The maximum Gasteiger partial charge on any atom is 0.414 e. The van der Waals surface area contributed by atoms with Gasteiger partial charge in [-0.25, -0.2) is 0 Å². The molecule has 0 bridgehead atoms. The summed E-state index contributed by atoms with van der Waals surface area (Å²) in [7, 11) is 0. The van der Waals surface area contributed by atoms with Crippen LogP contribution in [0.5, 0.6) is 5.75 Å². The van der Waals surface area contributed by atoms with Gasteiger partial charge in [-0.15, -0.1) is 0 Å². The number of piperidine rings is 1. The highest BCUT2D eigenvalue weighted by atomic mass is 19.4. The second kappa shape index (κ2) is 7.84. The Morgan fingerprint density at radius 2 is 1.96 bits per heavy atom. The molecule has 1 N–H and O–H groups in total. The van der Waals surface area contributed by atoms with Gasteiger partial charge >= 0.3 is 6.18 Å². The van der Waals surface area contributed by atoms with Crippen molar-refractivity contribution in [2.24, 2.45) is 5.92 Å². The van der Waals surface area contributed by atoms with Crippen LogP contribution in [-0.2, 0) is 6.54 Å². The molecular weight excluding hydrogens is 307 g/mol. The molecule has 1 aliphatic rings. The van der Waals surface area contributed by atoms with E-state index in [1.54, 1.807) is 6.08 Å². The Morgan fingerprint density at radius 3 is 2.57 bits per heavy atom. The molecule has 0 aromatic heterocycles. The average molecular weight is 329 g/mol. The van der Waals surface area contributed by atoms with E-state index >= 15 is 0 Å². The Morgan fingerprint density at radius 1 is 1.30 bits per heavy atom. The van der Waals surface area contributed by atoms with Crippen LogP contribution >= 0.6 is 0 Å². The summed E-state index contributed by atoms with van der Waals surface area (Å²) < 4.78 is 43.3. The number of rotatable bonds is 6. The van der Waals surface area contributed by atoms with Gasteiger partial charge in [-0.3, -0.25) is 4.90 Å². The van der Waals surface area contributed by atoms with Gasteiger partial charge in [-0.2, -0.15) is 13.2 Å². The molecule has 1 unspecified atom stereocenters. The second-order valence-electron chi connectivity index (χ2n) is 5.81. The molecule has 2 rings (SSSR count). The maximum absolute atomic E-state index is 12.6. The molecule has 0 saturated carbocycles. The first-order chi connectivity index (χ1) is 10.9. The van der Waals surface area contributed by atoms with E-state index in [4.69, 9.17) is 4.74 Å². The van der Waals surface area contributed by atoms with Gasteiger partial charge < -0.3 is 9.84 Å². The van der Waals surface area contributed by atoms with Crippen molar-refractivity contribution >= 4 is 0 Å². The third kappa shape index (κ3) is 4.97. The number of para-hydroxylation sites is 1. The molecule has 6 heteroatoms. The van der Waals surface area contributed by atoms with E-state index in [1.807, 2.05) is 24.3 Å². The molecule has 0 amide bonds. The Bertz CT molecular complexity index is 511. The van der Waals surface area contributed by atoms with Crippen LogP contribution in [0.3, 0.4) is 0 Å². The summed E-state index contributed by atoms with van der Waals surface area (Å²) >= 11 is 0. The lowest BCUT2D eigenvalue weighted by atomic mass is 9.90. The Balaban J connectivity index is 1.91. The van der Waals surface area contributed by atoms with Crippen LogP contribution in [0, 0.1) is 5.92 Å². The molecular formula is C17H22F3NO2. The lowest BCUT2D eigenvalue weighted by Crippen LogP contribution is -2.43. The molecule has 0 spiro atoms. The molecule has 3 nitrogen and oxygen atoms in total. The summed E-state index contributed by atoms with van der Waals surface area (Å²) in [6, 6.07) is 7.62. The summed E-state index contributed by atoms with van der Waals surface area (Å²) in [6.07, 6.45) is -4.39. The molecule has 1 saturated heterocycles. The molecule has 1 atom stereocenters. The van der Waals surface area contributed by atoms with Gasteiger partial charge in [-0.05, 0) is 37.9 Å². The number of nitrogens with zero attached hydrogens (tertiary/aromatic N) is 1. The molecule has 128 valence electrons. The van der Waals surface area contributed by atoms with Crippen molar-refractivity contribution in [2.75, 3.05) is 19.7 Å². The van der Waals surface area contributed by atoms with Crippen molar-refractivity contribution in [1.29, 1.82) is 0 Å². The Labute approximate surface area is 134 Å². The van der Waals surface area contributed by atoms with Gasteiger partial charge in [0.2, 0.25) is 0 Å². The van der Waals surface area contributed by atoms with Crippen molar-refractivity contribution in [2.45, 2.75) is 31.7 Å². The zero-order valence-corrected chi connectivity index (χ0v) is 12.9. The minimum Gasteiger partial charge on any atom is -0.489 e. The van der Waals surface area contributed by atoms with Crippen LogP contribution in [0.15, 0.2) is 36.9 Å². The number of ether oxygens (including phenoxy) is 1. The fourth-order valence-electron chi connectivity index (χ4n) is 2.86. The second-order valence-corrected chi connectivity index (χ2v) is 5.81. The fraction of sp³-hybridized carbons (Fsp3) is 0.529. The molecule has 1 fully saturated rings. The number of halogens is 3. The Kier molecular flexibility index (Phi) is 6.07. The normalized spacial score (nSPS) is 18.6. The predicted molar refractivity (Wildman–Crippen MR) is 82.2 cm³/mol. The number of hydrogen-bond donors (Lipinski definition) is 1. The fourth-order valence-corrected chi connectivity index (χ4v) is 2.86. The topological polar surface area (TPSA) is 32.7 Å². The van der Waals surface area contributed by atoms with Crippen molar-refractivity contribution in [1.82, 2.24) is 4.90 Å². The number of likely N-dealkylation sites (tertiary alicyclic amines) is 1. The molecule has 0 radical (unpaired) electrons. The molecule has 0 aliphatic carbocycles. The number of benzene rings is 1. The third-order valence-electron chi connectivity index (χ3n) is 4.14. The van der Waals surface area contributed by atoms with Crippen LogP contribution in [-0.4, -0.2) is 42.0 Å². The highest BCUT2D eigenvalue weighted by Crippen LogP contribution is 2.32. The van der Waals surface area contributed by atoms with Gasteiger partial charge in [0.15, 0.2) is 6.10 Å². The highest BCUT2D eigenvalue weighted by molar-refractivity contribution is 5.33. The summed E-state index contributed by atoms with van der Waals surface area (Å²) in [5.41, 5.74) is 1.00. The van der Waals surface area contributed by atoms with E-state index in [0.717, 1.165) is 11.3 Å². The van der Waals surface area contributed by atoms with Crippen LogP contribution in [0.25, 0.3) is 0 Å². The Hall–Kier alpha value is -1.53. The lowest BCUT2D eigenvalue weighted by molar-refractivity contribution is -0.223. The summed E-state index contributed by atoms with van der Waals surface area (Å²) in [5.74, 6) is 0.0587.